The summed E-state index contributed by atoms with van der Waals surface area (Å²) in [6.45, 7) is 16.9. The molecule has 6 heteroatoms. The van der Waals surface area contributed by atoms with E-state index in [4.69, 9.17) is 9.47 Å². The Kier molecular flexibility index (Phi) is 11.8. The number of allylic oxidation sites excluding steroid dienone is 1. The van der Waals surface area contributed by atoms with E-state index in [-0.39, 0.29) is 17.4 Å². The monoisotopic (exact) mass is 526 g/mol. The van der Waals surface area contributed by atoms with Crippen LogP contribution in [0.2, 0.25) is 44.3 Å². The molecule has 0 aliphatic heterocycles. The molecule has 2 aromatic rings. The van der Waals surface area contributed by atoms with E-state index in [2.05, 4.69) is 76.1 Å². The molecule has 0 aliphatic carbocycles. The summed E-state index contributed by atoms with van der Waals surface area (Å²) in [4.78, 5) is 13.6. The molecule has 198 valence electrons. The Morgan fingerprint density at radius 1 is 0.972 bits per heavy atom. The van der Waals surface area contributed by atoms with E-state index in [1.54, 1.807) is 6.08 Å². The van der Waals surface area contributed by atoms with Gasteiger partial charge in [0.25, 0.3) is 0 Å². The van der Waals surface area contributed by atoms with Crippen molar-refractivity contribution >= 4 is 27.3 Å². The minimum atomic E-state index is -2.26. The summed E-state index contributed by atoms with van der Waals surface area (Å²) in [6, 6.07) is 21.5. The summed E-state index contributed by atoms with van der Waals surface area (Å²) in [5.74, 6) is -0.902. The second kappa shape index (κ2) is 14.1. The Balaban J connectivity index is 2.38. The Morgan fingerprint density at radius 3 is 2.11 bits per heavy atom. The van der Waals surface area contributed by atoms with Crippen LogP contribution in [0.25, 0.3) is 0 Å². The van der Waals surface area contributed by atoms with Gasteiger partial charge in [-0.25, -0.2) is 0 Å². The normalized spacial score (nSPS) is 15.9. The topological polar surface area (TPSA) is 55.8 Å². The maximum absolute atomic E-state index is 13.6. The van der Waals surface area contributed by atoms with E-state index < -0.39 is 28.2 Å². The quantitative estimate of drug-likeness (QED) is 0.179. The van der Waals surface area contributed by atoms with Crippen LogP contribution in [-0.4, -0.2) is 46.5 Å². The molecular weight excluding hydrogens is 480 g/mol. The molecule has 4 atom stereocenters. The van der Waals surface area contributed by atoms with Crippen LogP contribution in [0, 0.1) is 11.8 Å². The van der Waals surface area contributed by atoms with Gasteiger partial charge in [0.15, 0.2) is 0 Å². The third kappa shape index (κ3) is 9.14. The van der Waals surface area contributed by atoms with Crippen LogP contribution >= 0.6 is 0 Å². The third-order valence-electron chi connectivity index (χ3n) is 6.97. The molecule has 0 unspecified atom stereocenters. The number of carbonyl (C=O) groups excluding carboxylic acids is 1. The van der Waals surface area contributed by atoms with E-state index in [9.17, 15) is 9.90 Å². The van der Waals surface area contributed by atoms with Gasteiger partial charge in [0.05, 0.1) is 33.3 Å². The molecule has 2 aromatic carbocycles. The second-order valence-electron chi connectivity index (χ2n) is 11.6. The molecule has 0 aromatic heterocycles. The fraction of sp³-hybridized carbons (Fsp3) is 0.500. The number of rotatable bonds is 14. The molecule has 36 heavy (non-hydrogen) atoms. The molecule has 0 aliphatic rings. The van der Waals surface area contributed by atoms with Crippen LogP contribution < -0.4 is 5.19 Å². The van der Waals surface area contributed by atoms with Crippen LogP contribution in [0.15, 0.2) is 72.8 Å². The zero-order chi connectivity index (χ0) is 26.8. The van der Waals surface area contributed by atoms with Gasteiger partial charge < -0.3 is 14.6 Å². The number of hydrogen-bond donors (Lipinski definition) is 1. The molecule has 0 amide bonds. The van der Waals surface area contributed by atoms with Crippen LogP contribution in [0.1, 0.15) is 19.4 Å². The van der Waals surface area contributed by atoms with E-state index in [1.165, 1.54) is 5.19 Å². The largest absolute Gasteiger partial charge is 0.466 e. The lowest BCUT2D eigenvalue weighted by Gasteiger charge is -2.42. The fourth-order valence-electron chi connectivity index (χ4n) is 4.98. The number of ether oxygens (including phenoxy) is 2. The third-order valence-corrected chi connectivity index (χ3v) is 13.1. The number of hydrogen-bond acceptors (Lipinski definition) is 4. The second-order valence-corrected chi connectivity index (χ2v) is 21.9. The van der Waals surface area contributed by atoms with Gasteiger partial charge in [-0.05, 0) is 30.0 Å². The standard InChI is InChI=1S/C30H46O4Si2/c1-8-15-27(31)28(30(32)34-20-21-35(3,4)5)29(36(6,7)26-18-13-10-14-19-26)24(2)22-33-23-25-16-11-9-12-17-25/h8-19,24,27-29,31H,20-23H2,1-7H3/b15-8+/t24-,27+,28+,29+/m0/s1. The Morgan fingerprint density at radius 2 is 1.56 bits per heavy atom. The molecule has 1 N–H and O–H groups in total. The Labute approximate surface area is 220 Å². The summed E-state index contributed by atoms with van der Waals surface area (Å²) in [5.41, 5.74) is 1.04. The van der Waals surface area contributed by atoms with Crippen molar-refractivity contribution in [2.75, 3.05) is 13.2 Å². The molecule has 0 spiro atoms. The number of aliphatic hydroxyl groups excluding tert-OH is 1. The Hall–Kier alpha value is -2.00. The molecule has 0 saturated heterocycles. The van der Waals surface area contributed by atoms with Gasteiger partial charge in [-0.2, -0.15) is 0 Å². The van der Waals surface area contributed by atoms with Crippen molar-refractivity contribution in [3.8, 4) is 0 Å². The van der Waals surface area contributed by atoms with E-state index >= 15 is 0 Å². The summed E-state index contributed by atoms with van der Waals surface area (Å²) >= 11 is 0. The smallest absolute Gasteiger partial charge is 0.311 e. The lowest BCUT2D eigenvalue weighted by Crippen LogP contribution is -2.54. The predicted molar refractivity (Wildman–Crippen MR) is 156 cm³/mol. The molecule has 4 nitrogen and oxygen atoms in total. The number of esters is 1. The summed E-state index contributed by atoms with van der Waals surface area (Å²) in [5, 5.41) is 12.5. The molecule has 0 bridgehead atoms. The van der Waals surface area contributed by atoms with Gasteiger partial charge >= 0.3 is 5.97 Å². The molecule has 2 rings (SSSR count). The molecule has 0 heterocycles. The average Bonchev–Trinajstić information content (AvgIpc) is 2.82. The van der Waals surface area contributed by atoms with Crippen molar-refractivity contribution in [1.29, 1.82) is 0 Å². The minimum Gasteiger partial charge on any atom is -0.466 e. The molecule has 0 radical (unpaired) electrons. The highest BCUT2D eigenvalue weighted by Crippen LogP contribution is 2.40. The van der Waals surface area contributed by atoms with Crippen molar-refractivity contribution in [1.82, 2.24) is 0 Å². The zero-order valence-electron chi connectivity index (χ0n) is 23.2. The number of benzene rings is 2. The highest BCUT2D eigenvalue weighted by Gasteiger charge is 2.48. The Bertz CT molecular complexity index is 938. The van der Waals surface area contributed by atoms with E-state index in [0.29, 0.717) is 19.8 Å². The first-order chi connectivity index (χ1) is 17.0. The van der Waals surface area contributed by atoms with Gasteiger partial charge in [0.2, 0.25) is 0 Å². The SMILES string of the molecule is C/C=C/[C@@H](O)[C@@H](C(=O)OCC[Si](C)(C)C)[C@@H]([C@@H](C)COCc1ccccc1)[Si](C)(C)c1ccccc1. The van der Waals surface area contributed by atoms with Crippen LogP contribution in [0.3, 0.4) is 0 Å². The molecule has 0 fully saturated rings. The van der Waals surface area contributed by atoms with Gasteiger partial charge in [-0.1, -0.05) is 118 Å². The minimum absolute atomic E-state index is 0.0463. The zero-order valence-corrected chi connectivity index (χ0v) is 25.2. The van der Waals surface area contributed by atoms with Gasteiger partial charge in [0, 0.05) is 14.7 Å². The number of carbonyl (C=O) groups is 1. The fourth-order valence-corrected chi connectivity index (χ4v) is 9.89. The van der Waals surface area contributed by atoms with Gasteiger partial charge in [0.1, 0.15) is 0 Å². The first kappa shape index (κ1) is 30.2. The molecule has 0 saturated carbocycles. The van der Waals surface area contributed by atoms with Gasteiger partial charge in [-0.15, -0.1) is 0 Å². The maximum atomic E-state index is 13.6. The number of aliphatic hydroxyl groups is 1. The van der Waals surface area contributed by atoms with Crippen molar-refractivity contribution < 1.29 is 19.4 Å². The van der Waals surface area contributed by atoms with Crippen molar-refractivity contribution in [3.05, 3.63) is 78.4 Å². The van der Waals surface area contributed by atoms with Crippen LogP contribution in [0.5, 0.6) is 0 Å². The lowest BCUT2D eigenvalue weighted by atomic mass is 9.90. The van der Waals surface area contributed by atoms with Crippen molar-refractivity contribution in [3.63, 3.8) is 0 Å². The van der Waals surface area contributed by atoms with Crippen molar-refractivity contribution in [2.24, 2.45) is 11.8 Å². The van der Waals surface area contributed by atoms with Crippen LogP contribution in [-0.2, 0) is 20.9 Å². The maximum Gasteiger partial charge on any atom is 0.311 e. The summed E-state index contributed by atoms with van der Waals surface area (Å²) in [6.07, 6.45) is 2.63. The lowest BCUT2D eigenvalue weighted by molar-refractivity contribution is -0.152. The first-order valence-electron chi connectivity index (χ1n) is 13.1. The average molecular weight is 527 g/mol. The highest BCUT2D eigenvalue weighted by atomic mass is 28.3. The summed E-state index contributed by atoms with van der Waals surface area (Å²) < 4.78 is 12.0. The van der Waals surface area contributed by atoms with Gasteiger partial charge in [-0.3, -0.25) is 4.79 Å². The summed E-state index contributed by atoms with van der Waals surface area (Å²) in [7, 11) is -3.62. The van der Waals surface area contributed by atoms with Crippen LogP contribution in [0.4, 0.5) is 0 Å². The molecular formula is C30H46O4Si2. The highest BCUT2D eigenvalue weighted by molar-refractivity contribution is 6.91. The van der Waals surface area contributed by atoms with Crippen molar-refractivity contribution in [2.45, 2.75) is 70.9 Å². The predicted octanol–water partition coefficient (Wildman–Crippen LogP) is 6.26. The first-order valence-corrected chi connectivity index (χ1v) is 19.9. The van der Waals surface area contributed by atoms with E-state index in [0.717, 1.165) is 11.6 Å². The van der Waals surface area contributed by atoms with E-state index in [1.807, 2.05) is 37.3 Å².